The Bertz CT molecular complexity index is 358. The first-order chi connectivity index (χ1) is 8.20. The summed E-state index contributed by atoms with van der Waals surface area (Å²) in [6.07, 6.45) is 6.69. The Hall–Kier alpha value is -0.0200. The van der Waals surface area contributed by atoms with E-state index in [0.717, 1.165) is 14.9 Å². The molecule has 0 spiro atoms. The van der Waals surface area contributed by atoms with Crippen LogP contribution in [0, 0.1) is 5.92 Å². The van der Waals surface area contributed by atoms with Crippen molar-refractivity contribution in [2.24, 2.45) is 5.92 Å². The van der Waals surface area contributed by atoms with Crippen LogP contribution < -0.4 is 5.32 Å². The summed E-state index contributed by atoms with van der Waals surface area (Å²) in [5.74, 6) is 0.905. The number of para-hydroxylation sites is 1. The van der Waals surface area contributed by atoms with Gasteiger partial charge in [0.2, 0.25) is 0 Å². The Kier molecular flexibility index (Phi) is 4.92. The molecule has 0 saturated heterocycles. The average Bonchev–Trinajstić information content (AvgIpc) is 2.34. The van der Waals surface area contributed by atoms with Crippen molar-refractivity contribution in [1.82, 2.24) is 0 Å². The number of halogens is 2. The van der Waals surface area contributed by atoms with E-state index in [9.17, 15) is 0 Å². The van der Waals surface area contributed by atoms with E-state index < -0.39 is 0 Å². The van der Waals surface area contributed by atoms with Gasteiger partial charge in [0.1, 0.15) is 0 Å². The van der Waals surface area contributed by atoms with Crippen molar-refractivity contribution in [3.63, 3.8) is 0 Å². The van der Waals surface area contributed by atoms with Crippen molar-refractivity contribution in [1.29, 1.82) is 0 Å². The Labute approximate surface area is 121 Å². The molecule has 17 heavy (non-hydrogen) atoms. The van der Waals surface area contributed by atoms with Gasteiger partial charge in [-0.2, -0.15) is 0 Å². The molecule has 1 saturated carbocycles. The normalized spacial score (nSPS) is 24.6. The maximum Gasteiger partial charge on any atom is 0.0631 e. The summed E-state index contributed by atoms with van der Waals surface area (Å²) >= 11 is 7.23. The fraction of sp³-hybridized carbons (Fsp3) is 0.571. The molecule has 1 aliphatic rings. The van der Waals surface area contributed by atoms with E-state index in [1.54, 1.807) is 0 Å². The van der Waals surface area contributed by atoms with Crippen molar-refractivity contribution in [3.05, 3.63) is 27.1 Å². The third-order valence-electron chi connectivity index (χ3n) is 3.67. The third-order valence-corrected chi connectivity index (χ3v) is 4.99. The monoisotopic (exact) mass is 359 g/mol. The predicted octanol–water partition coefficient (Wildman–Crippen LogP) is 5.59. The van der Waals surface area contributed by atoms with Gasteiger partial charge >= 0.3 is 0 Å². The van der Waals surface area contributed by atoms with Gasteiger partial charge in [-0.1, -0.05) is 32.3 Å². The Morgan fingerprint density at radius 2 is 1.94 bits per heavy atom. The van der Waals surface area contributed by atoms with E-state index in [-0.39, 0.29) is 0 Å². The minimum atomic E-state index is 0.628. The lowest BCUT2D eigenvalue weighted by Crippen LogP contribution is -2.27. The summed E-state index contributed by atoms with van der Waals surface area (Å²) in [4.78, 5) is 0. The molecule has 94 valence electrons. The Morgan fingerprint density at radius 1 is 1.24 bits per heavy atom. The molecular formula is C14H19Br2N. The first kappa shape index (κ1) is 13.4. The smallest absolute Gasteiger partial charge is 0.0631 e. The van der Waals surface area contributed by atoms with Gasteiger partial charge in [-0.3, -0.25) is 0 Å². The molecule has 0 amide bonds. The van der Waals surface area contributed by atoms with Crippen LogP contribution in [0.15, 0.2) is 27.1 Å². The van der Waals surface area contributed by atoms with Gasteiger partial charge in [0.05, 0.1) is 5.69 Å². The zero-order valence-electron chi connectivity index (χ0n) is 10.2. The van der Waals surface area contributed by atoms with E-state index in [4.69, 9.17) is 0 Å². The molecule has 2 unspecified atom stereocenters. The number of hydrogen-bond acceptors (Lipinski definition) is 1. The number of hydrogen-bond donors (Lipinski definition) is 1. The van der Waals surface area contributed by atoms with Crippen LogP contribution in [0.3, 0.4) is 0 Å². The zero-order valence-corrected chi connectivity index (χ0v) is 13.4. The molecule has 2 rings (SSSR count). The van der Waals surface area contributed by atoms with E-state index in [0.29, 0.717) is 6.04 Å². The molecule has 1 fully saturated rings. The molecular weight excluding hydrogens is 342 g/mol. The second-order valence-electron chi connectivity index (χ2n) is 4.88. The number of rotatable bonds is 3. The molecule has 2 atom stereocenters. The van der Waals surface area contributed by atoms with Crippen LogP contribution in [0.4, 0.5) is 5.69 Å². The summed E-state index contributed by atoms with van der Waals surface area (Å²) in [7, 11) is 0. The standard InChI is InChI=1S/C14H19Br2N/c1-2-10-5-3-6-11(9-10)17-14-12(15)7-4-8-13(14)16/h4,7-8,10-11,17H,2-3,5-6,9H2,1H3. The molecule has 1 aliphatic carbocycles. The number of nitrogens with one attached hydrogen (secondary N) is 1. The summed E-state index contributed by atoms with van der Waals surface area (Å²) in [5, 5.41) is 3.69. The molecule has 0 bridgehead atoms. The second-order valence-corrected chi connectivity index (χ2v) is 6.59. The molecule has 0 aromatic heterocycles. The van der Waals surface area contributed by atoms with Crippen LogP contribution in [-0.2, 0) is 0 Å². The molecule has 0 aliphatic heterocycles. The van der Waals surface area contributed by atoms with Crippen molar-refractivity contribution in [3.8, 4) is 0 Å². The summed E-state index contributed by atoms with van der Waals surface area (Å²) in [5.41, 5.74) is 1.20. The van der Waals surface area contributed by atoms with Gasteiger partial charge in [0.15, 0.2) is 0 Å². The lowest BCUT2D eigenvalue weighted by atomic mass is 9.84. The average molecular weight is 361 g/mol. The lowest BCUT2D eigenvalue weighted by molar-refractivity contribution is 0.327. The Morgan fingerprint density at radius 3 is 2.59 bits per heavy atom. The van der Waals surface area contributed by atoms with Crippen LogP contribution in [-0.4, -0.2) is 6.04 Å². The van der Waals surface area contributed by atoms with Gasteiger partial charge in [-0.15, -0.1) is 0 Å². The van der Waals surface area contributed by atoms with Crippen LogP contribution in [0.5, 0.6) is 0 Å². The van der Waals surface area contributed by atoms with E-state index in [1.807, 2.05) is 0 Å². The summed E-state index contributed by atoms with van der Waals surface area (Å²) in [6, 6.07) is 6.86. The van der Waals surface area contributed by atoms with Gasteiger partial charge < -0.3 is 5.32 Å². The largest absolute Gasteiger partial charge is 0.380 e. The van der Waals surface area contributed by atoms with Gasteiger partial charge in [-0.25, -0.2) is 0 Å². The molecule has 3 heteroatoms. The first-order valence-electron chi connectivity index (χ1n) is 6.41. The lowest BCUT2D eigenvalue weighted by Gasteiger charge is -2.30. The van der Waals surface area contributed by atoms with Crippen LogP contribution in [0.25, 0.3) is 0 Å². The van der Waals surface area contributed by atoms with Crippen molar-refractivity contribution < 1.29 is 0 Å². The fourth-order valence-corrected chi connectivity index (χ4v) is 3.86. The minimum absolute atomic E-state index is 0.628. The number of anilines is 1. The fourth-order valence-electron chi connectivity index (χ4n) is 2.63. The van der Waals surface area contributed by atoms with Crippen LogP contribution in [0.1, 0.15) is 39.0 Å². The molecule has 0 radical (unpaired) electrons. The molecule has 1 aromatic carbocycles. The highest BCUT2D eigenvalue weighted by molar-refractivity contribution is 9.11. The number of benzene rings is 1. The van der Waals surface area contributed by atoms with E-state index >= 15 is 0 Å². The van der Waals surface area contributed by atoms with E-state index in [1.165, 1.54) is 37.8 Å². The van der Waals surface area contributed by atoms with Crippen molar-refractivity contribution >= 4 is 37.5 Å². The highest BCUT2D eigenvalue weighted by atomic mass is 79.9. The van der Waals surface area contributed by atoms with Gasteiger partial charge in [0.25, 0.3) is 0 Å². The quantitative estimate of drug-likeness (QED) is 0.740. The minimum Gasteiger partial charge on any atom is -0.380 e. The summed E-state index contributed by atoms with van der Waals surface area (Å²) < 4.78 is 2.29. The maximum atomic E-state index is 3.69. The SMILES string of the molecule is CCC1CCCC(Nc2c(Br)cccc2Br)C1. The summed E-state index contributed by atoms with van der Waals surface area (Å²) in [6.45, 7) is 2.31. The second kappa shape index (κ2) is 6.24. The predicted molar refractivity (Wildman–Crippen MR) is 81.5 cm³/mol. The van der Waals surface area contributed by atoms with Crippen LogP contribution in [0.2, 0.25) is 0 Å². The third kappa shape index (κ3) is 3.47. The van der Waals surface area contributed by atoms with Crippen molar-refractivity contribution in [2.75, 3.05) is 5.32 Å². The van der Waals surface area contributed by atoms with Gasteiger partial charge in [0, 0.05) is 15.0 Å². The molecule has 1 N–H and O–H groups in total. The highest BCUT2D eigenvalue weighted by Crippen LogP contribution is 2.34. The highest BCUT2D eigenvalue weighted by Gasteiger charge is 2.21. The van der Waals surface area contributed by atoms with E-state index in [2.05, 4.69) is 62.3 Å². The topological polar surface area (TPSA) is 12.0 Å². The molecule has 1 aromatic rings. The van der Waals surface area contributed by atoms with Crippen molar-refractivity contribution in [2.45, 2.75) is 45.1 Å². The molecule has 1 nitrogen and oxygen atoms in total. The zero-order chi connectivity index (χ0) is 12.3. The van der Waals surface area contributed by atoms with Gasteiger partial charge in [-0.05, 0) is 62.8 Å². The molecule has 0 heterocycles. The Balaban J connectivity index is 2.05. The van der Waals surface area contributed by atoms with Crippen LogP contribution >= 0.6 is 31.9 Å². The first-order valence-corrected chi connectivity index (χ1v) is 8.00. The maximum absolute atomic E-state index is 3.69.